The highest BCUT2D eigenvalue weighted by Crippen LogP contribution is 2.46. The Morgan fingerprint density at radius 1 is 1.27 bits per heavy atom. The fraction of sp³-hybridized carbons (Fsp3) is 0.565. The first kappa shape index (κ1) is 22.3. The number of hydrogen-bond acceptors (Lipinski definition) is 4. The molecule has 1 saturated heterocycles. The number of unbranched alkanes of at least 4 members (excludes halogenated alkanes) is 2. The number of allylic oxidation sites excluding steroid dienone is 1. The largest absolute Gasteiger partial charge is 0.490 e. The van der Waals surface area contributed by atoms with Gasteiger partial charge >= 0.3 is 6.03 Å². The number of rotatable bonds is 12. The molecule has 0 atom stereocenters. The van der Waals surface area contributed by atoms with Gasteiger partial charge in [-0.25, -0.2) is 9.18 Å². The SMILES string of the molecule is CC(C)COc1cc(C2(NCCCC/C=C/CN3CC(=O)NC3=O)CC2)ccc1F. The predicted molar refractivity (Wildman–Crippen MR) is 114 cm³/mol. The minimum atomic E-state index is -0.317. The van der Waals surface area contributed by atoms with Gasteiger partial charge in [0.1, 0.15) is 6.54 Å². The fourth-order valence-electron chi connectivity index (χ4n) is 3.53. The Morgan fingerprint density at radius 2 is 2.07 bits per heavy atom. The fourth-order valence-corrected chi connectivity index (χ4v) is 3.53. The van der Waals surface area contributed by atoms with Crippen LogP contribution < -0.4 is 15.4 Å². The van der Waals surface area contributed by atoms with E-state index in [2.05, 4.69) is 16.7 Å². The number of nitrogens with zero attached hydrogens (tertiary/aromatic N) is 1. The molecule has 1 aliphatic carbocycles. The molecular formula is C23H32FN3O3. The number of imide groups is 1. The van der Waals surface area contributed by atoms with Crippen molar-refractivity contribution in [1.29, 1.82) is 0 Å². The van der Waals surface area contributed by atoms with Gasteiger partial charge in [-0.05, 0) is 62.3 Å². The third kappa shape index (κ3) is 6.05. The summed E-state index contributed by atoms with van der Waals surface area (Å²) in [4.78, 5) is 24.0. The average Bonchev–Trinajstić information content (AvgIpc) is 3.42. The molecule has 0 unspecified atom stereocenters. The highest BCUT2D eigenvalue weighted by Gasteiger charge is 2.43. The topological polar surface area (TPSA) is 70.7 Å². The summed E-state index contributed by atoms with van der Waals surface area (Å²) in [6, 6.07) is 4.90. The number of carbonyl (C=O) groups excluding carboxylic acids is 2. The summed E-state index contributed by atoms with van der Waals surface area (Å²) >= 11 is 0. The molecule has 3 rings (SSSR count). The third-order valence-corrected chi connectivity index (χ3v) is 5.43. The maximum absolute atomic E-state index is 14.0. The van der Waals surface area contributed by atoms with E-state index in [0.717, 1.165) is 44.2 Å². The Labute approximate surface area is 177 Å². The van der Waals surface area contributed by atoms with Crippen molar-refractivity contribution in [2.45, 2.75) is 51.5 Å². The highest BCUT2D eigenvalue weighted by atomic mass is 19.1. The van der Waals surface area contributed by atoms with Crippen LogP contribution in [0.1, 0.15) is 51.5 Å². The van der Waals surface area contributed by atoms with Crippen LogP contribution in [0.3, 0.4) is 0 Å². The van der Waals surface area contributed by atoms with Gasteiger partial charge in [-0.2, -0.15) is 0 Å². The lowest BCUT2D eigenvalue weighted by Gasteiger charge is -2.19. The molecule has 1 saturated carbocycles. The lowest BCUT2D eigenvalue weighted by atomic mass is 10.0. The summed E-state index contributed by atoms with van der Waals surface area (Å²) in [5.74, 6) is 0.143. The molecule has 30 heavy (non-hydrogen) atoms. The van der Waals surface area contributed by atoms with Crippen molar-refractivity contribution in [2.75, 3.05) is 26.2 Å². The van der Waals surface area contributed by atoms with Crippen molar-refractivity contribution in [3.05, 3.63) is 41.7 Å². The van der Waals surface area contributed by atoms with Crippen LogP contribution in [-0.2, 0) is 10.3 Å². The van der Waals surface area contributed by atoms with Gasteiger partial charge in [0, 0.05) is 12.1 Å². The molecule has 0 spiro atoms. The Balaban J connectivity index is 1.37. The first-order valence-corrected chi connectivity index (χ1v) is 10.8. The molecule has 1 aromatic carbocycles. The Morgan fingerprint density at radius 3 is 2.73 bits per heavy atom. The standard InChI is InChI=1S/C23H32FN3O3/c1-17(2)16-30-20-14-18(8-9-19(20)24)23(10-11-23)25-12-6-4-3-5-7-13-27-15-21(28)26-22(27)29/h5,7-9,14,17,25H,3-4,6,10-13,15-16H2,1-2H3,(H,26,28,29)/b7-5+. The zero-order valence-electron chi connectivity index (χ0n) is 17.9. The monoisotopic (exact) mass is 417 g/mol. The number of benzene rings is 1. The van der Waals surface area contributed by atoms with Gasteiger partial charge in [0.2, 0.25) is 5.91 Å². The molecule has 2 fully saturated rings. The van der Waals surface area contributed by atoms with Gasteiger partial charge < -0.3 is 15.0 Å². The van der Waals surface area contributed by atoms with Crippen molar-refractivity contribution in [1.82, 2.24) is 15.5 Å². The molecule has 164 valence electrons. The van der Waals surface area contributed by atoms with E-state index >= 15 is 0 Å². The van der Waals surface area contributed by atoms with E-state index in [4.69, 9.17) is 4.74 Å². The van der Waals surface area contributed by atoms with E-state index in [1.807, 2.05) is 32.1 Å². The summed E-state index contributed by atoms with van der Waals surface area (Å²) in [7, 11) is 0. The molecule has 3 amide bonds. The molecule has 7 heteroatoms. The van der Waals surface area contributed by atoms with E-state index in [-0.39, 0.29) is 29.8 Å². The molecule has 6 nitrogen and oxygen atoms in total. The van der Waals surface area contributed by atoms with Crippen LogP contribution in [0, 0.1) is 11.7 Å². The Hall–Kier alpha value is -2.41. The zero-order valence-corrected chi connectivity index (χ0v) is 17.9. The predicted octanol–water partition coefficient (Wildman–Crippen LogP) is 3.72. The molecule has 0 aromatic heterocycles. The van der Waals surface area contributed by atoms with Gasteiger partial charge in [-0.1, -0.05) is 32.1 Å². The van der Waals surface area contributed by atoms with Gasteiger partial charge in [0.25, 0.3) is 0 Å². The summed E-state index contributed by atoms with van der Waals surface area (Å²) in [6.45, 7) is 6.10. The first-order valence-electron chi connectivity index (χ1n) is 10.8. The molecule has 1 aromatic rings. The maximum Gasteiger partial charge on any atom is 0.324 e. The number of urea groups is 1. The third-order valence-electron chi connectivity index (χ3n) is 5.43. The lowest BCUT2D eigenvalue weighted by molar-refractivity contribution is -0.118. The van der Waals surface area contributed by atoms with Crippen molar-refractivity contribution >= 4 is 11.9 Å². The number of amides is 3. The highest BCUT2D eigenvalue weighted by molar-refractivity contribution is 6.01. The van der Waals surface area contributed by atoms with Crippen LogP contribution in [0.15, 0.2) is 30.4 Å². The molecule has 1 aliphatic heterocycles. The lowest BCUT2D eigenvalue weighted by Crippen LogP contribution is -2.30. The van der Waals surface area contributed by atoms with Gasteiger partial charge in [0.15, 0.2) is 11.6 Å². The number of ether oxygens (including phenoxy) is 1. The van der Waals surface area contributed by atoms with Crippen LogP contribution in [0.25, 0.3) is 0 Å². The van der Waals surface area contributed by atoms with Crippen molar-refractivity contribution in [3.8, 4) is 5.75 Å². The molecule has 0 bridgehead atoms. The molecule has 2 N–H and O–H groups in total. The smallest absolute Gasteiger partial charge is 0.324 e. The Bertz CT molecular complexity index is 790. The van der Waals surface area contributed by atoms with Crippen LogP contribution in [0.4, 0.5) is 9.18 Å². The number of nitrogens with one attached hydrogen (secondary N) is 2. The number of carbonyl (C=O) groups is 2. The molecular weight excluding hydrogens is 385 g/mol. The van der Waals surface area contributed by atoms with E-state index in [1.54, 1.807) is 0 Å². The average molecular weight is 418 g/mol. The van der Waals surface area contributed by atoms with Gasteiger partial charge in [-0.3, -0.25) is 10.1 Å². The minimum Gasteiger partial charge on any atom is -0.490 e. The summed E-state index contributed by atoms with van der Waals surface area (Å²) in [5.41, 5.74) is 1.05. The summed E-state index contributed by atoms with van der Waals surface area (Å²) < 4.78 is 19.7. The van der Waals surface area contributed by atoms with Crippen molar-refractivity contribution in [3.63, 3.8) is 0 Å². The molecule has 0 radical (unpaired) electrons. The summed E-state index contributed by atoms with van der Waals surface area (Å²) in [5, 5.41) is 5.91. The van der Waals surface area contributed by atoms with Crippen LogP contribution >= 0.6 is 0 Å². The van der Waals surface area contributed by atoms with Crippen LogP contribution in [0.5, 0.6) is 5.75 Å². The molecule has 2 aliphatic rings. The first-order chi connectivity index (χ1) is 14.4. The van der Waals surface area contributed by atoms with E-state index in [0.29, 0.717) is 24.8 Å². The second kappa shape index (κ2) is 10.1. The van der Waals surface area contributed by atoms with Crippen molar-refractivity contribution < 1.29 is 18.7 Å². The second-order valence-electron chi connectivity index (χ2n) is 8.56. The minimum absolute atomic E-state index is 0.0465. The van der Waals surface area contributed by atoms with Gasteiger partial charge in [0.05, 0.1) is 6.61 Å². The van der Waals surface area contributed by atoms with Crippen molar-refractivity contribution in [2.24, 2.45) is 5.92 Å². The Kier molecular flexibility index (Phi) is 7.48. The molecule has 1 heterocycles. The van der Waals surface area contributed by atoms with Crippen LogP contribution in [-0.4, -0.2) is 43.1 Å². The number of hydrogen-bond donors (Lipinski definition) is 2. The van der Waals surface area contributed by atoms with E-state index < -0.39 is 0 Å². The van der Waals surface area contributed by atoms with Crippen LogP contribution in [0.2, 0.25) is 0 Å². The summed E-state index contributed by atoms with van der Waals surface area (Å²) in [6.07, 6.45) is 9.11. The number of halogens is 1. The normalized spacial score (nSPS) is 17.8. The van der Waals surface area contributed by atoms with E-state index in [9.17, 15) is 14.0 Å². The second-order valence-corrected chi connectivity index (χ2v) is 8.56. The quantitative estimate of drug-likeness (QED) is 0.309. The van der Waals surface area contributed by atoms with E-state index in [1.165, 1.54) is 11.0 Å². The maximum atomic E-state index is 14.0. The zero-order chi connectivity index (χ0) is 21.6. The van der Waals surface area contributed by atoms with Gasteiger partial charge in [-0.15, -0.1) is 0 Å².